The van der Waals surface area contributed by atoms with Crippen molar-refractivity contribution in [3.05, 3.63) is 12.2 Å². The fourth-order valence-corrected chi connectivity index (χ4v) is 1.69. The van der Waals surface area contributed by atoms with Crippen LogP contribution in [-0.2, 0) is 14.8 Å². The number of methoxy groups -OCH3 is 1. The topological polar surface area (TPSA) is 55.4 Å². The molecule has 0 atom stereocenters. The highest BCUT2D eigenvalue weighted by atomic mass is 32.2. The molecule has 1 N–H and O–H groups in total. The first-order valence-electron chi connectivity index (χ1n) is 4.20. The second kappa shape index (κ2) is 7.06. The predicted octanol–water partition coefficient (Wildman–Crippen LogP) is 0.518. The minimum absolute atomic E-state index is 0.0271. The van der Waals surface area contributed by atoms with Crippen molar-refractivity contribution in [2.75, 3.05) is 26.0 Å². The van der Waals surface area contributed by atoms with Crippen LogP contribution in [0, 0.1) is 0 Å². The molecule has 0 heterocycles. The summed E-state index contributed by atoms with van der Waals surface area (Å²) in [5, 5.41) is 0. The van der Waals surface area contributed by atoms with Crippen LogP contribution in [0.25, 0.3) is 0 Å². The zero-order chi connectivity index (χ0) is 10.2. The number of hydrogen-bond donors (Lipinski definition) is 1. The van der Waals surface area contributed by atoms with Crippen LogP contribution in [0.4, 0.5) is 0 Å². The summed E-state index contributed by atoms with van der Waals surface area (Å²) in [4.78, 5) is 0. The fraction of sp³-hybridized carbons (Fsp3) is 0.750. The number of allylic oxidation sites excluding steroid dienone is 1. The van der Waals surface area contributed by atoms with Gasteiger partial charge in [-0.05, 0) is 13.3 Å². The quantitative estimate of drug-likeness (QED) is 0.489. The van der Waals surface area contributed by atoms with Crippen LogP contribution < -0.4 is 4.72 Å². The molecule has 0 aromatic carbocycles. The Morgan fingerprint density at radius 1 is 1.46 bits per heavy atom. The lowest BCUT2D eigenvalue weighted by atomic mass is 10.4. The Hall–Kier alpha value is -0.390. The summed E-state index contributed by atoms with van der Waals surface area (Å²) in [6, 6.07) is 0. The maximum absolute atomic E-state index is 11.1. The molecule has 0 fully saturated rings. The molecule has 13 heavy (non-hydrogen) atoms. The molecule has 0 aliphatic heterocycles. The minimum Gasteiger partial charge on any atom is -0.384 e. The maximum atomic E-state index is 11.1. The van der Waals surface area contributed by atoms with Gasteiger partial charge in [-0.15, -0.1) is 0 Å². The summed E-state index contributed by atoms with van der Waals surface area (Å²) in [5.41, 5.74) is 0. The molecule has 78 valence electrons. The van der Waals surface area contributed by atoms with Crippen LogP contribution in [-0.4, -0.2) is 34.4 Å². The van der Waals surface area contributed by atoms with Crippen molar-refractivity contribution in [1.82, 2.24) is 4.72 Å². The minimum atomic E-state index is -3.13. The van der Waals surface area contributed by atoms with E-state index in [0.29, 0.717) is 6.54 Å². The Labute approximate surface area is 80.0 Å². The molecule has 0 radical (unpaired) electrons. The maximum Gasteiger partial charge on any atom is 0.213 e. The van der Waals surface area contributed by atoms with Gasteiger partial charge in [0.05, 0.1) is 12.4 Å². The number of ether oxygens (including phenoxy) is 1. The van der Waals surface area contributed by atoms with E-state index in [1.807, 2.05) is 19.1 Å². The molecule has 0 spiro atoms. The first-order valence-corrected chi connectivity index (χ1v) is 5.85. The third-order valence-corrected chi connectivity index (χ3v) is 2.77. The molecular weight excluding hydrogens is 190 g/mol. The summed E-state index contributed by atoms with van der Waals surface area (Å²) in [6.45, 7) is 2.59. The van der Waals surface area contributed by atoms with Gasteiger partial charge >= 0.3 is 0 Å². The summed E-state index contributed by atoms with van der Waals surface area (Å²) < 4.78 is 29.4. The summed E-state index contributed by atoms with van der Waals surface area (Å²) in [6.07, 6.45) is 4.53. The van der Waals surface area contributed by atoms with Gasteiger partial charge < -0.3 is 4.74 Å². The Balaban J connectivity index is 3.63. The molecule has 0 aromatic rings. The zero-order valence-corrected chi connectivity index (χ0v) is 8.93. The van der Waals surface area contributed by atoms with Gasteiger partial charge in [0.15, 0.2) is 0 Å². The van der Waals surface area contributed by atoms with Crippen LogP contribution in [0.3, 0.4) is 0 Å². The first-order chi connectivity index (χ1) is 6.12. The first kappa shape index (κ1) is 12.6. The van der Waals surface area contributed by atoms with E-state index in [4.69, 9.17) is 0 Å². The average Bonchev–Trinajstić information content (AvgIpc) is 2.09. The van der Waals surface area contributed by atoms with Crippen LogP contribution in [0.2, 0.25) is 0 Å². The summed E-state index contributed by atoms with van der Waals surface area (Å²) in [7, 11) is -1.65. The number of rotatable bonds is 7. The zero-order valence-electron chi connectivity index (χ0n) is 8.12. The lowest BCUT2D eigenvalue weighted by molar-refractivity contribution is 0.217. The standard InChI is InChI=1S/C8H17NO3S/c1-3-4-5-6-9-13(10,11)8-7-12-2/h3-4,9H,5-8H2,1-2H3/b4-3+. The van der Waals surface area contributed by atoms with Crippen molar-refractivity contribution >= 4 is 10.0 Å². The second-order valence-electron chi connectivity index (χ2n) is 2.56. The van der Waals surface area contributed by atoms with E-state index in [1.54, 1.807) is 0 Å². The molecule has 0 saturated carbocycles. The molecule has 0 aromatic heterocycles. The van der Waals surface area contributed by atoms with Gasteiger partial charge in [-0.1, -0.05) is 12.2 Å². The molecule has 0 amide bonds. The van der Waals surface area contributed by atoms with Crippen molar-refractivity contribution in [3.63, 3.8) is 0 Å². The lowest BCUT2D eigenvalue weighted by Gasteiger charge is -2.03. The van der Waals surface area contributed by atoms with Gasteiger partial charge in [-0.3, -0.25) is 0 Å². The summed E-state index contributed by atoms with van der Waals surface area (Å²) in [5.74, 6) is 0.0271. The highest BCUT2D eigenvalue weighted by Gasteiger charge is 2.07. The normalized spacial score (nSPS) is 12.5. The van der Waals surface area contributed by atoms with Crippen molar-refractivity contribution in [2.45, 2.75) is 13.3 Å². The number of nitrogens with one attached hydrogen (secondary N) is 1. The third-order valence-electron chi connectivity index (χ3n) is 1.42. The molecule has 0 aliphatic rings. The van der Waals surface area contributed by atoms with Crippen LogP contribution in [0.15, 0.2) is 12.2 Å². The van der Waals surface area contributed by atoms with E-state index in [-0.39, 0.29) is 12.4 Å². The second-order valence-corrected chi connectivity index (χ2v) is 4.49. The van der Waals surface area contributed by atoms with Crippen LogP contribution in [0.1, 0.15) is 13.3 Å². The Morgan fingerprint density at radius 2 is 2.15 bits per heavy atom. The highest BCUT2D eigenvalue weighted by molar-refractivity contribution is 7.89. The molecule has 4 nitrogen and oxygen atoms in total. The van der Waals surface area contributed by atoms with E-state index in [2.05, 4.69) is 9.46 Å². The van der Waals surface area contributed by atoms with Crippen LogP contribution >= 0.6 is 0 Å². The number of sulfonamides is 1. The SMILES string of the molecule is C/C=C/CCNS(=O)(=O)CCOC. The average molecular weight is 207 g/mol. The van der Waals surface area contributed by atoms with Crippen molar-refractivity contribution < 1.29 is 13.2 Å². The van der Waals surface area contributed by atoms with Gasteiger partial charge in [-0.25, -0.2) is 13.1 Å². The number of hydrogen-bond acceptors (Lipinski definition) is 3. The van der Waals surface area contributed by atoms with Gasteiger partial charge in [0.2, 0.25) is 10.0 Å². The third kappa shape index (κ3) is 7.95. The van der Waals surface area contributed by atoms with E-state index in [1.165, 1.54) is 7.11 Å². The van der Waals surface area contributed by atoms with E-state index in [0.717, 1.165) is 6.42 Å². The summed E-state index contributed by atoms with van der Waals surface area (Å²) >= 11 is 0. The predicted molar refractivity (Wildman–Crippen MR) is 53.1 cm³/mol. The Morgan fingerprint density at radius 3 is 2.69 bits per heavy atom. The lowest BCUT2D eigenvalue weighted by Crippen LogP contribution is -2.28. The van der Waals surface area contributed by atoms with Gasteiger partial charge in [-0.2, -0.15) is 0 Å². The molecule has 0 rings (SSSR count). The smallest absolute Gasteiger partial charge is 0.213 e. The van der Waals surface area contributed by atoms with Gasteiger partial charge in [0.25, 0.3) is 0 Å². The van der Waals surface area contributed by atoms with Gasteiger partial charge in [0.1, 0.15) is 0 Å². The van der Waals surface area contributed by atoms with E-state index >= 15 is 0 Å². The van der Waals surface area contributed by atoms with Crippen molar-refractivity contribution in [2.24, 2.45) is 0 Å². The molecule has 0 aliphatic carbocycles. The van der Waals surface area contributed by atoms with E-state index in [9.17, 15) is 8.42 Å². The Bertz CT molecular complexity index is 234. The highest BCUT2D eigenvalue weighted by Crippen LogP contribution is 1.87. The molecule has 0 saturated heterocycles. The molecule has 0 bridgehead atoms. The largest absolute Gasteiger partial charge is 0.384 e. The monoisotopic (exact) mass is 207 g/mol. The van der Waals surface area contributed by atoms with Crippen molar-refractivity contribution in [3.8, 4) is 0 Å². The van der Waals surface area contributed by atoms with Crippen molar-refractivity contribution in [1.29, 1.82) is 0 Å². The molecule has 0 unspecified atom stereocenters. The Kier molecular flexibility index (Phi) is 6.84. The molecular formula is C8H17NO3S. The molecule has 5 heteroatoms. The van der Waals surface area contributed by atoms with E-state index < -0.39 is 10.0 Å². The van der Waals surface area contributed by atoms with Crippen LogP contribution in [0.5, 0.6) is 0 Å². The van der Waals surface area contributed by atoms with Gasteiger partial charge in [0, 0.05) is 13.7 Å². The fourth-order valence-electron chi connectivity index (χ4n) is 0.730.